The number of thiazole rings is 1. The molecule has 1 saturated carbocycles. The predicted molar refractivity (Wildman–Crippen MR) is 71.9 cm³/mol. The first kappa shape index (κ1) is 12.4. The van der Waals surface area contributed by atoms with Crippen LogP contribution < -0.4 is 4.90 Å². The first-order valence-electron chi connectivity index (χ1n) is 6.22. The van der Waals surface area contributed by atoms with E-state index < -0.39 is 0 Å². The summed E-state index contributed by atoms with van der Waals surface area (Å²) in [6.45, 7) is 1.61. The highest BCUT2D eigenvalue weighted by atomic mass is 35.5. The van der Waals surface area contributed by atoms with Gasteiger partial charge in [-0.2, -0.15) is 0 Å². The quantitative estimate of drug-likeness (QED) is 0.632. The molecule has 3 rings (SSSR count). The van der Waals surface area contributed by atoms with Crippen LogP contribution in [0.3, 0.4) is 0 Å². The molecule has 0 spiro atoms. The van der Waals surface area contributed by atoms with Crippen LogP contribution >= 0.6 is 22.9 Å². The number of morpholine rings is 1. The number of hydrogen-bond donors (Lipinski definition) is 0. The molecule has 1 aromatic rings. The molecular weight excluding hydrogens is 272 g/mol. The predicted octanol–water partition coefficient (Wildman–Crippen LogP) is 2.32. The number of anilines is 1. The van der Waals surface area contributed by atoms with E-state index in [2.05, 4.69) is 9.88 Å². The Balaban J connectivity index is 1.81. The number of nitrogens with zero attached hydrogens (tertiary/aromatic N) is 2. The summed E-state index contributed by atoms with van der Waals surface area (Å²) in [5.74, 6) is -0.103. The molecule has 0 bridgehead atoms. The van der Waals surface area contributed by atoms with Gasteiger partial charge in [-0.05, 0) is 19.3 Å². The fourth-order valence-corrected chi connectivity index (χ4v) is 3.81. The molecule has 6 heteroatoms. The third-order valence-corrected chi connectivity index (χ3v) is 4.75. The van der Waals surface area contributed by atoms with Crippen molar-refractivity contribution in [1.82, 2.24) is 4.98 Å². The minimum absolute atomic E-state index is 0.00165. The van der Waals surface area contributed by atoms with E-state index in [0.717, 1.165) is 31.1 Å². The average molecular weight is 287 g/mol. The molecule has 2 heterocycles. The zero-order chi connectivity index (χ0) is 12.5. The van der Waals surface area contributed by atoms with E-state index in [1.807, 2.05) is 0 Å². The van der Waals surface area contributed by atoms with Gasteiger partial charge in [0.15, 0.2) is 10.9 Å². The lowest BCUT2D eigenvalue weighted by Crippen LogP contribution is -2.48. The van der Waals surface area contributed by atoms with E-state index in [1.165, 1.54) is 17.8 Å². The van der Waals surface area contributed by atoms with Gasteiger partial charge >= 0.3 is 0 Å². The monoisotopic (exact) mass is 286 g/mol. The fourth-order valence-electron chi connectivity index (χ4n) is 2.76. The third kappa shape index (κ3) is 2.15. The molecule has 0 N–H and O–H groups in total. The van der Waals surface area contributed by atoms with Crippen molar-refractivity contribution in [2.75, 3.05) is 23.9 Å². The topological polar surface area (TPSA) is 42.4 Å². The lowest BCUT2D eigenvalue weighted by molar-refractivity contribution is 0.0256. The summed E-state index contributed by atoms with van der Waals surface area (Å²) in [6, 6.07) is 0.434. The number of carbonyl (C=O) groups is 1. The van der Waals surface area contributed by atoms with Crippen molar-refractivity contribution in [2.45, 2.75) is 31.4 Å². The number of hydrogen-bond acceptors (Lipinski definition) is 5. The second kappa shape index (κ2) is 5.15. The Kier molecular flexibility index (Phi) is 3.54. The van der Waals surface area contributed by atoms with Crippen LogP contribution in [0.15, 0.2) is 5.38 Å². The Bertz CT molecular complexity index is 451. The summed E-state index contributed by atoms with van der Waals surface area (Å²) in [7, 11) is 0. The highest BCUT2D eigenvalue weighted by Gasteiger charge is 2.37. The molecule has 1 aromatic heterocycles. The molecule has 0 amide bonds. The van der Waals surface area contributed by atoms with Gasteiger partial charge in [-0.15, -0.1) is 22.9 Å². The molecule has 4 nitrogen and oxygen atoms in total. The van der Waals surface area contributed by atoms with Crippen molar-refractivity contribution in [2.24, 2.45) is 0 Å². The molecule has 2 atom stereocenters. The van der Waals surface area contributed by atoms with Gasteiger partial charge in [-0.3, -0.25) is 4.79 Å². The van der Waals surface area contributed by atoms with Crippen LogP contribution in [0.5, 0.6) is 0 Å². The van der Waals surface area contributed by atoms with Crippen LogP contribution in [0, 0.1) is 0 Å². The summed E-state index contributed by atoms with van der Waals surface area (Å²) in [6.07, 6.45) is 3.85. The lowest BCUT2D eigenvalue weighted by atomic mass is 10.1. The number of Topliss-reactive ketones (excluding diaryl/α,β-unsaturated/α-hetero) is 1. The van der Waals surface area contributed by atoms with Crippen molar-refractivity contribution in [3.8, 4) is 0 Å². The van der Waals surface area contributed by atoms with Crippen molar-refractivity contribution in [3.63, 3.8) is 0 Å². The number of rotatable bonds is 3. The fraction of sp³-hybridized carbons (Fsp3) is 0.667. The van der Waals surface area contributed by atoms with Crippen molar-refractivity contribution in [1.29, 1.82) is 0 Å². The second-order valence-corrected chi connectivity index (χ2v) is 5.78. The Morgan fingerprint density at radius 1 is 1.61 bits per heavy atom. The summed E-state index contributed by atoms with van der Waals surface area (Å²) in [5.41, 5.74) is 0.492. The largest absolute Gasteiger partial charge is 0.374 e. The highest BCUT2D eigenvalue weighted by Crippen LogP contribution is 2.34. The van der Waals surface area contributed by atoms with Crippen LogP contribution in [0.25, 0.3) is 0 Å². The van der Waals surface area contributed by atoms with Crippen molar-refractivity contribution < 1.29 is 9.53 Å². The molecule has 1 saturated heterocycles. The van der Waals surface area contributed by atoms with Crippen LogP contribution in [0.1, 0.15) is 29.8 Å². The van der Waals surface area contributed by atoms with Gasteiger partial charge in [0, 0.05) is 11.9 Å². The van der Waals surface area contributed by atoms with E-state index in [9.17, 15) is 4.79 Å². The molecule has 0 radical (unpaired) electrons. The van der Waals surface area contributed by atoms with Gasteiger partial charge in [0.2, 0.25) is 0 Å². The van der Waals surface area contributed by atoms with Crippen LogP contribution in [0.2, 0.25) is 0 Å². The zero-order valence-electron chi connectivity index (χ0n) is 9.97. The Morgan fingerprint density at radius 2 is 2.50 bits per heavy atom. The van der Waals surface area contributed by atoms with E-state index >= 15 is 0 Å². The number of halogens is 1. The van der Waals surface area contributed by atoms with E-state index in [0.29, 0.717) is 17.8 Å². The van der Waals surface area contributed by atoms with E-state index in [-0.39, 0.29) is 11.7 Å². The van der Waals surface area contributed by atoms with Crippen LogP contribution in [0.4, 0.5) is 5.13 Å². The van der Waals surface area contributed by atoms with E-state index in [4.69, 9.17) is 16.3 Å². The number of carbonyl (C=O) groups excluding carboxylic acids is 1. The minimum Gasteiger partial charge on any atom is -0.374 e. The molecular formula is C12H15ClN2O2S. The molecule has 0 aromatic carbocycles. The summed E-state index contributed by atoms with van der Waals surface area (Å²) >= 11 is 7.08. The van der Waals surface area contributed by atoms with Gasteiger partial charge in [-0.1, -0.05) is 0 Å². The maximum absolute atomic E-state index is 11.5. The van der Waals surface area contributed by atoms with Gasteiger partial charge in [0.05, 0.1) is 24.6 Å². The normalized spacial score (nSPS) is 27.3. The van der Waals surface area contributed by atoms with E-state index in [1.54, 1.807) is 5.38 Å². The molecule has 2 aliphatic rings. The number of fused-ring (bicyclic) bond motifs is 1. The molecule has 2 fully saturated rings. The standard InChI is InChI=1S/C12H15ClN2O2S/c13-6-10(16)8-7-18-12(14-8)15-4-5-17-11-3-1-2-9(11)15/h7,9,11H,1-6H2. The number of alkyl halides is 1. The van der Waals surface area contributed by atoms with Crippen LogP contribution in [-0.4, -0.2) is 41.9 Å². The Morgan fingerprint density at radius 3 is 3.33 bits per heavy atom. The maximum Gasteiger partial charge on any atom is 0.196 e. The highest BCUT2D eigenvalue weighted by molar-refractivity contribution is 7.14. The maximum atomic E-state index is 11.5. The van der Waals surface area contributed by atoms with Gasteiger partial charge in [-0.25, -0.2) is 4.98 Å². The molecule has 18 heavy (non-hydrogen) atoms. The lowest BCUT2D eigenvalue weighted by Gasteiger charge is -2.37. The van der Waals surface area contributed by atoms with Crippen molar-refractivity contribution >= 4 is 33.9 Å². The number of aromatic nitrogens is 1. The van der Waals surface area contributed by atoms with Gasteiger partial charge in [0.25, 0.3) is 0 Å². The van der Waals surface area contributed by atoms with Gasteiger partial charge in [0.1, 0.15) is 5.69 Å². The summed E-state index contributed by atoms with van der Waals surface area (Å²) in [4.78, 5) is 18.2. The Hall–Kier alpha value is -0.650. The second-order valence-electron chi connectivity index (χ2n) is 4.67. The zero-order valence-corrected chi connectivity index (χ0v) is 11.5. The first-order valence-corrected chi connectivity index (χ1v) is 7.64. The number of ketones is 1. The number of ether oxygens (including phenoxy) is 1. The molecule has 1 aliphatic heterocycles. The molecule has 2 unspecified atom stereocenters. The summed E-state index contributed by atoms with van der Waals surface area (Å²) < 4.78 is 5.78. The SMILES string of the molecule is O=C(CCl)c1csc(N2CCOC3CCCC32)n1. The molecule has 1 aliphatic carbocycles. The Labute approximate surface area is 115 Å². The van der Waals surface area contributed by atoms with Crippen LogP contribution in [-0.2, 0) is 4.74 Å². The average Bonchev–Trinajstić information content (AvgIpc) is 3.05. The minimum atomic E-state index is -0.101. The van der Waals surface area contributed by atoms with Crippen molar-refractivity contribution in [3.05, 3.63) is 11.1 Å². The summed E-state index contributed by atoms with van der Waals surface area (Å²) in [5, 5.41) is 2.74. The first-order chi connectivity index (χ1) is 8.79. The van der Waals surface area contributed by atoms with Gasteiger partial charge < -0.3 is 9.64 Å². The molecule has 98 valence electrons. The third-order valence-electron chi connectivity index (χ3n) is 3.63. The smallest absolute Gasteiger partial charge is 0.196 e.